The molecule has 1 aliphatic rings. The van der Waals surface area contributed by atoms with Crippen molar-refractivity contribution in [2.45, 2.75) is 12.7 Å². The van der Waals surface area contributed by atoms with E-state index in [1.165, 1.54) is 16.7 Å². The molecule has 0 saturated carbocycles. The Balaban J connectivity index is 1.91. The van der Waals surface area contributed by atoms with Gasteiger partial charge in [0.1, 0.15) is 11.5 Å². The molecule has 0 spiro atoms. The Labute approximate surface area is 162 Å². The smallest absolute Gasteiger partial charge is 0.268 e. The van der Waals surface area contributed by atoms with Gasteiger partial charge in [-0.2, -0.15) is 0 Å². The summed E-state index contributed by atoms with van der Waals surface area (Å²) >= 11 is 1.31. The van der Waals surface area contributed by atoms with E-state index >= 15 is 0 Å². The molecule has 0 bridgehead atoms. The standard InChI is InChI=1S/C20H21NO5S/c1-3-25-15-8-6-14(7-9-15)17-18(27-13-16-5-4-11-26-16)20(23)21(19(17)22)10-12-24-2/h4-9,11H,3,10,12-13H2,1-2H3. The maximum atomic E-state index is 12.9. The second kappa shape index (κ2) is 8.92. The first-order chi connectivity index (χ1) is 13.2. The monoisotopic (exact) mass is 387 g/mol. The van der Waals surface area contributed by atoms with Crippen molar-refractivity contribution in [3.63, 3.8) is 0 Å². The van der Waals surface area contributed by atoms with Gasteiger partial charge in [-0.05, 0) is 36.8 Å². The van der Waals surface area contributed by atoms with Crippen molar-refractivity contribution in [2.75, 3.05) is 26.9 Å². The number of thioether (sulfide) groups is 1. The normalized spacial score (nSPS) is 14.4. The summed E-state index contributed by atoms with van der Waals surface area (Å²) in [6.07, 6.45) is 1.59. The first-order valence-electron chi connectivity index (χ1n) is 8.63. The number of rotatable bonds is 9. The molecule has 0 unspecified atom stereocenters. The van der Waals surface area contributed by atoms with Crippen LogP contribution in [0.4, 0.5) is 0 Å². The molecule has 2 amide bonds. The number of imide groups is 1. The van der Waals surface area contributed by atoms with E-state index in [4.69, 9.17) is 13.9 Å². The summed E-state index contributed by atoms with van der Waals surface area (Å²) in [5.74, 6) is 1.34. The summed E-state index contributed by atoms with van der Waals surface area (Å²) in [4.78, 5) is 27.4. The highest BCUT2D eigenvalue weighted by Gasteiger charge is 2.38. The van der Waals surface area contributed by atoms with Gasteiger partial charge < -0.3 is 13.9 Å². The molecule has 2 heterocycles. The molecule has 0 N–H and O–H groups in total. The molecule has 27 heavy (non-hydrogen) atoms. The van der Waals surface area contributed by atoms with E-state index < -0.39 is 0 Å². The first-order valence-corrected chi connectivity index (χ1v) is 9.62. The summed E-state index contributed by atoms with van der Waals surface area (Å²) in [7, 11) is 1.54. The molecule has 1 aliphatic heterocycles. The molecule has 2 aromatic rings. The number of carbonyl (C=O) groups excluding carboxylic acids is 2. The number of hydrogen-bond acceptors (Lipinski definition) is 6. The molecule has 0 aliphatic carbocycles. The molecular formula is C20H21NO5S. The predicted octanol–water partition coefficient (Wildman–Crippen LogP) is 3.34. The summed E-state index contributed by atoms with van der Waals surface area (Å²) in [6.45, 7) is 2.99. The summed E-state index contributed by atoms with van der Waals surface area (Å²) in [5, 5.41) is 0. The first kappa shape index (κ1) is 19.3. The van der Waals surface area contributed by atoms with Crippen LogP contribution in [-0.2, 0) is 20.1 Å². The van der Waals surface area contributed by atoms with Crippen LogP contribution in [-0.4, -0.2) is 43.6 Å². The second-order valence-corrected chi connectivity index (χ2v) is 6.77. The van der Waals surface area contributed by atoms with E-state index in [1.807, 2.05) is 13.0 Å². The fourth-order valence-corrected chi connectivity index (χ4v) is 3.78. The van der Waals surface area contributed by atoms with Gasteiger partial charge in [0, 0.05) is 7.11 Å². The molecular weight excluding hydrogens is 366 g/mol. The van der Waals surface area contributed by atoms with E-state index in [2.05, 4.69) is 0 Å². The highest BCUT2D eigenvalue weighted by molar-refractivity contribution is 8.03. The van der Waals surface area contributed by atoms with Gasteiger partial charge in [0.25, 0.3) is 11.8 Å². The molecule has 0 saturated heterocycles. The molecule has 3 rings (SSSR count). The SMILES string of the molecule is CCOc1ccc(C2=C(SCc3ccco3)C(=O)N(CCOC)C2=O)cc1. The molecule has 6 nitrogen and oxygen atoms in total. The lowest BCUT2D eigenvalue weighted by Crippen LogP contribution is -2.34. The van der Waals surface area contributed by atoms with Crippen molar-refractivity contribution in [3.05, 3.63) is 58.9 Å². The van der Waals surface area contributed by atoms with Crippen molar-refractivity contribution < 1.29 is 23.5 Å². The van der Waals surface area contributed by atoms with Crippen LogP contribution in [0.5, 0.6) is 5.75 Å². The Morgan fingerprint density at radius 1 is 1.11 bits per heavy atom. The van der Waals surface area contributed by atoms with Gasteiger partial charge in [-0.3, -0.25) is 14.5 Å². The Kier molecular flexibility index (Phi) is 6.36. The fraction of sp³-hybridized carbons (Fsp3) is 0.300. The number of ether oxygens (including phenoxy) is 2. The van der Waals surface area contributed by atoms with Gasteiger partial charge >= 0.3 is 0 Å². The van der Waals surface area contributed by atoms with Crippen molar-refractivity contribution in [2.24, 2.45) is 0 Å². The summed E-state index contributed by atoms with van der Waals surface area (Å²) < 4.78 is 15.8. The minimum atomic E-state index is -0.303. The third-order valence-corrected chi connectivity index (χ3v) is 5.13. The van der Waals surface area contributed by atoms with Crippen LogP contribution >= 0.6 is 11.8 Å². The van der Waals surface area contributed by atoms with Crippen molar-refractivity contribution in [3.8, 4) is 5.75 Å². The minimum Gasteiger partial charge on any atom is -0.494 e. The van der Waals surface area contributed by atoms with Crippen molar-refractivity contribution >= 4 is 29.1 Å². The zero-order chi connectivity index (χ0) is 19.2. The van der Waals surface area contributed by atoms with Crippen LogP contribution in [0.25, 0.3) is 5.57 Å². The number of nitrogens with zero attached hydrogens (tertiary/aromatic N) is 1. The number of carbonyl (C=O) groups is 2. The number of benzene rings is 1. The van der Waals surface area contributed by atoms with Gasteiger partial charge in [0.2, 0.25) is 0 Å². The molecule has 0 atom stereocenters. The highest BCUT2D eigenvalue weighted by atomic mass is 32.2. The van der Waals surface area contributed by atoms with Crippen molar-refractivity contribution in [1.82, 2.24) is 4.90 Å². The van der Waals surface area contributed by atoms with E-state index in [-0.39, 0.29) is 18.4 Å². The van der Waals surface area contributed by atoms with E-state index in [9.17, 15) is 9.59 Å². The predicted molar refractivity (Wildman–Crippen MR) is 103 cm³/mol. The summed E-state index contributed by atoms with van der Waals surface area (Å²) in [5.41, 5.74) is 1.11. The Hall–Kier alpha value is -2.51. The van der Waals surface area contributed by atoms with E-state index in [0.29, 0.717) is 35.0 Å². The quantitative estimate of drug-likeness (QED) is 0.615. The minimum absolute atomic E-state index is 0.222. The number of amides is 2. The largest absolute Gasteiger partial charge is 0.494 e. The van der Waals surface area contributed by atoms with Crippen LogP contribution in [0.3, 0.4) is 0 Å². The second-order valence-electron chi connectivity index (χ2n) is 5.78. The number of methoxy groups -OCH3 is 1. The fourth-order valence-electron chi connectivity index (χ4n) is 2.75. The molecule has 1 aromatic carbocycles. The van der Waals surface area contributed by atoms with E-state index in [1.54, 1.807) is 43.7 Å². The highest BCUT2D eigenvalue weighted by Crippen LogP contribution is 2.37. The third-order valence-electron chi connectivity index (χ3n) is 4.04. The average Bonchev–Trinajstić information content (AvgIpc) is 3.27. The van der Waals surface area contributed by atoms with Gasteiger partial charge in [-0.1, -0.05) is 12.1 Å². The maximum Gasteiger partial charge on any atom is 0.268 e. The molecule has 0 fully saturated rings. The van der Waals surface area contributed by atoms with Crippen LogP contribution < -0.4 is 4.74 Å². The number of furan rings is 1. The van der Waals surface area contributed by atoms with Crippen LogP contribution in [0.1, 0.15) is 18.2 Å². The Bertz CT molecular complexity index is 827. The lowest BCUT2D eigenvalue weighted by molar-refractivity contribution is -0.137. The van der Waals surface area contributed by atoms with Gasteiger partial charge in [0.15, 0.2) is 0 Å². The maximum absolute atomic E-state index is 12.9. The number of hydrogen-bond donors (Lipinski definition) is 0. The topological polar surface area (TPSA) is 69.0 Å². The molecule has 7 heteroatoms. The van der Waals surface area contributed by atoms with Gasteiger partial charge in [-0.15, -0.1) is 11.8 Å². The molecule has 142 valence electrons. The lowest BCUT2D eigenvalue weighted by Gasteiger charge is -2.14. The van der Waals surface area contributed by atoms with Crippen LogP contribution in [0.15, 0.2) is 52.0 Å². The van der Waals surface area contributed by atoms with Gasteiger partial charge in [0.05, 0.1) is 42.3 Å². The van der Waals surface area contributed by atoms with Crippen LogP contribution in [0.2, 0.25) is 0 Å². The van der Waals surface area contributed by atoms with Crippen molar-refractivity contribution in [1.29, 1.82) is 0 Å². The Morgan fingerprint density at radius 2 is 1.89 bits per heavy atom. The molecule has 1 aromatic heterocycles. The zero-order valence-corrected chi connectivity index (χ0v) is 16.1. The lowest BCUT2D eigenvalue weighted by atomic mass is 10.1. The van der Waals surface area contributed by atoms with Gasteiger partial charge in [-0.25, -0.2) is 0 Å². The zero-order valence-electron chi connectivity index (χ0n) is 15.3. The van der Waals surface area contributed by atoms with Crippen LogP contribution in [0, 0.1) is 0 Å². The van der Waals surface area contributed by atoms with E-state index in [0.717, 1.165) is 11.5 Å². The molecule has 0 radical (unpaired) electrons. The summed E-state index contributed by atoms with van der Waals surface area (Å²) in [6, 6.07) is 10.8. The third kappa shape index (κ3) is 4.26. The average molecular weight is 387 g/mol. The Morgan fingerprint density at radius 3 is 2.52 bits per heavy atom.